The molecular weight excluding hydrogens is 256 g/mol. The maximum Gasteiger partial charge on any atom is 0.258 e. The second kappa shape index (κ2) is 8.43. The van der Waals surface area contributed by atoms with Gasteiger partial charge >= 0.3 is 0 Å². The highest BCUT2D eigenvalue weighted by Gasteiger charge is 2.13. The van der Waals surface area contributed by atoms with E-state index < -0.39 is 0 Å². The van der Waals surface area contributed by atoms with E-state index in [4.69, 9.17) is 15.2 Å². The first kappa shape index (κ1) is 16.3. The molecule has 3 N–H and O–H groups in total. The number of hydrogen-bond donors (Lipinski definition) is 2. The van der Waals surface area contributed by atoms with Crippen LogP contribution in [0.2, 0.25) is 0 Å². The zero-order valence-electron chi connectivity index (χ0n) is 12.4. The smallest absolute Gasteiger partial charge is 0.258 e. The third kappa shape index (κ3) is 5.09. The Morgan fingerprint density at radius 2 is 2.10 bits per heavy atom. The van der Waals surface area contributed by atoms with Gasteiger partial charge < -0.3 is 20.5 Å². The summed E-state index contributed by atoms with van der Waals surface area (Å²) in [5, 5.41) is 2.79. The number of para-hydroxylation sites is 1. The highest BCUT2D eigenvalue weighted by atomic mass is 16.5. The van der Waals surface area contributed by atoms with E-state index in [0.717, 1.165) is 5.56 Å². The van der Waals surface area contributed by atoms with Crippen molar-refractivity contribution in [2.45, 2.75) is 33.2 Å². The molecule has 0 radical (unpaired) electrons. The third-order valence-electron chi connectivity index (χ3n) is 2.57. The Morgan fingerprint density at radius 1 is 1.35 bits per heavy atom. The van der Waals surface area contributed by atoms with E-state index >= 15 is 0 Å². The fourth-order valence-corrected chi connectivity index (χ4v) is 1.85. The molecule has 0 atom stereocenters. The van der Waals surface area contributed by atoms with Crippen LogP contribution < -0.4 is 20.5 Å². The van der Waals surface area contributed by atoms with Crippen molar-refractivity contribution in [1.82, 2.24) is 5.32 Å². The quantitative estimate of drug-likeness (QED) is 0.756. The molecule has 0 saturated heterocycles. The predicted molar refractivity (Wildman–Crippen MR) is 79.1 cm³/mol. The zero-order chi connectivity index (χ0) is 15.0. The van der Waals surface area contributed by atoms with Crippen molar-refractivity contribution in [3.63, 3.8) is 0 Å². The van der Waals surface area contributed by atoms with E-state index in [1.807, 2.05) is 39.0 Å². The Labute approximate surface area is 120 Å². The molecule has 1 aromatic rings. The lowest BCUT2D eigenvalue weighted by Gasteiger charge is -2.16. The average Bonchev–Trinajstić information content (AvgIpc) is 2.38. The highest BCUT2D eigenvalue weighted by molar-refractivity contribution is 5.77. The molecule has 5 nitrogen and oxygen atoms in total. The van der Waals surface area contributed by atoms with Crippen LogP contribution in [0.25, 0.3) is 0 Å². The first-order valence-electron chi connectivity index (χ1n) is 6.95. The van der Waals surface area contributed by atoms with Gasteiger partial charge in [-0.15, -0.1) is 0 Å². The topological polar surface area (TPSA) is 73.6 Å². The van der Waals surface area contributed by atoms with Crippen LogP contribution in [0.3, 0.4) is 0 Å². The average molecular weight is 280 g/mol. The lowest BCUT2D eigenvalue weighted by molar-refractivity contribution is -0.123. The van der Waals surface area contributed by atoms with Crippen molar-refractivity contribution in [3.05, 3.63) is 23.8 Å². The first-order valence-corrected chi connectivity index (χ1v) is 6.95. The molecule has 0 aliphatic carbocycles. The molecule has 1 rings (SSSR count). The van der Waals surface area contributed by atoms with Crippen LogP contribution in [0.5, 0.6) is 11.5 Å². The summed E-state index contributed by atoms with van der Waals surface area (Å²) in [6.45, 7) is 6.76. The summed E-state index contributed by atoms with van der Waals surface area (Å²) in [6.07, 6.45) is 0.683. The van der Waals surface area contributed by atoms with Crippen LogP contribution in [-0.4, -0.2) is 31.7 Å². The van der Waals surface area contributed by atoms with E-state index in [9.17, 15) is 4.79 Å². The van der Waals surface area contributed by atoms with Gasteiger partial charge in [0.1, 0.15) is 0 Å². The Balaban J connectivity index is 2.81. The highest BCUT2D eigenvalue weighted by Crippen LogP contribution is 2.31. The third-order valence-corrected chi connectivity index (χ3v) is 2.57. The number of nitrogens with two attached hydrogens (primary N) is 1. The Morgan fingerprint density at radius 3 is 2.70 bits per heavy atom. The number of hydrogen-bond acceptors (Lipinski definition) is 4. The molecule has 5 heteroatoms. The number of ether oxygens (including phenoxy) is 2. The van der Waals surface area contributed by atoms with E-state index in [1.165, 1.54) is 0 Å². The molecule has 0 aliphatic heterocycles. The van der Waals surface area contributed by atoms with E-state index in [0.29, 0.717) is 31.1 Å². The minimum Gasteiger partial charge on any atom is -0.490 e. The van der Waals surface area contributed by atoms with Gasteiger partial charge in [0.05, 0.1) is 6.61 Å². The maximum absolute atomic E-state index is 11.7. The summed E-state index contributed by atoms with van der Waals surface area (Å²) in [4.78, 5) is 11.7. The van der Waals surface area contributed by atoms with Crippen molar-refractivity contribution < 1.29 is 14.3 Å². The number of rotatable bonds is 8. The number of amides is 1. The van der Waals surface area contributed by atoms with E-state index in [1.54, 1.807) is 0 Å². The van der Waals surface area contributed by atoms with Gasteiger partial charge in [-0.1, -0.05) is 12.1 Å². The summed E-state index contributed by atoms with van der Waals surface area (Å²) in [5.74, 6) is 1.11. The first-order chi connectivity index (χ1) is 9.58. The molecule has 0 fully saturated rings. The Bertz CT molecular complexity index is 409. The predicted octanol–water partition coefficient (Wildman–Crippen LogP) is 1.49. The fraction of sp³-hybridized carbons (Fsp3) is 0.533. The normalized spacial score (nSPS) is 10.4. The summed E-state index contributed by atoms with van der Waals surface area (Å²) < 4.78 is 11.2. The molecule has 1 aromatic carbocycles. The van der Waals surface area contributed by atoms with Crippen molar-refractivity contribution in [2.24, 2.45) is 5.73 Å². The van der Waals surface area contributed by atoms with Gasteiger partial charge in [0, 0.05) is 6.04 Å². The zero-order valence-corrected chi connectivity index (χ0v) is 12.4. The van der Waals surface area contributed by atoms with Crippen LogP contribution in [0.15, 0.2) is 18.2 Å². The summed E-state index contributed by atoms with van der Waals surface area (Å²) >= 11 is 0. The van der Waals surface area contributed by atoms with Gasteiger partial charge in [-0.25, -0.2) is 0 Å². The van der Waals surface area contributed by atoms with Crippen LogP contribution in [0, 0.1) is 0 Å². The van der Waals surface area contributed by atoms with Crippen LogP contribution in [-0.2, 0) is 11.2 Å². The minimum absolute atomic E-state index is 0.0279. The largest absolute Gasteiger partial charge is 0.490 e. The van der Waals surface area contributed by atoms with Gasteiger partial charge in [-0.05, 0) is 45.4 Å². The second-order valence-corrected chi connectivity index (χ2v) is 4.73. The summed E-state index contributed by atoms with van der Waals surface area (Å²) in [6, 6.07) is 5.76. The van der Waals surface area contributed by atoms with Gasteiger partial charge in [0.25, 0.3) is 5.91 Å². The summed E-state index contributed by atoms with van der Waals surface area (Å²) in [5.41, 5.74) is 6.55. The Hall–Kier alpha value is -1.75. The SMILES string of the molecule is CCOc1cccc(CCN)c1OCC(=O)NC(C)C. The standard InChI is InChI=1S/C15H24N2O3/c1-4-19-13-7-5-6-12(8-9-16)15(13)20-10-14(18)17-11(2)3/h5-7,11H,4,8-10,16H2,1-3H3,(H,17,18). The molecule has 0 saturated carbocycles. The van der Waals surface area contributed by atoms with Crippen LogP contribution >= 0.6 is 0 Å². The van der Waals surface area contributed by atoms with Gasteiger partial charge in [-0.2, -0.15) is 0 Å². The number of carbonyl (C=O) groups excluding carboxylic acids is 1. The van der Waals surface area contributed by atoms with Gasteiger partial charge in [0.15, 0.2) is 18.1 Å². The minimum atomic E-state index is -0.148. The molecule has 0 heterocycles. The number of nitrogens with one attached hydrogen (secondary N) is 1. The molecule has 0 aliphatic rings. The molecule has 0 aromatic heterocycles. The molecule has 0 unspecified atom stereocenters. The molecule has 0 spiro atoms. The fourth-order valence-electron chi connectivity index (χ4n) is 1.85. The van der Waals surface area contributed by atoms with Gasteiger partial charge in [-0.3, -0.25) is 4.79 Å². The number of benzene rings is 1. The molecule has 0 bridgehead atoms. The number of carbonyl (C=O) groups is 1. The lowest BCUT2D eigenvalue weighted by Crippen LogP contribution is -2.34. The molecule has 20 heavy (non-hydrogen) atoms. The lowest BCUT2D eigenvalue weighted by atomic mass is 10.1. The maximum atomic E-state index is 11.7. The van der Waals surface area contributed by atoms with E-state index in [-0.39, 0.29) is 18.6 Å². The molecular formula is C15H24N2O3. The second-order valence-electron chi connectivity index (χ2n) is 4.73. The monoisotopic (exact) mass is 280 g/mol. The Kier molecular flexibility index (Phi) is 6.87. The molecule has 1 amide bonds. The van der Waals surface area contributed by atoms with Crippen LogP contribution in [0.1, 0.15) is 26.3 Å². The van der Waals surface area contributed by atoms with Crippen LogP contribution in [0.4, 0.5) is 0 Å². The molecule has 112 valence electrons. The van der Waals surface area contributed by atoms with Crippen molar-refractivity contribution >= 4 is 5.91 Å². The summed E-state index contributed by atoms with van der Waals surface area (Å²) in [7, 11) is 0. The van der Waals surface area contributed by atoms with E-state index in [2.05, 4.69) is 5.32 Å². The van der Waals surface area contributed by atoms with Crippen molar-refractivity contribution in [3.8, 4) is 11.5 Å². The van der Waals surface area contributed by atoms with Crippen molar-refractivity contribution in [2.75, 3.05) is 19.8 Å². The van der Waals surface area contributed by atoms with Gasteiger partial charge in [0.2, 0.25) is 0 Å². The van der Waals surface area contributed by atoms with Crippen molar-refractivity contribution in [1.29, 1.82) is 0 Å².